The molecule has 0 amide bonds. The van der Waals surface area contributed by atoms with Gasteiger partial charge in [0.25, 0.3) is 0 Å². The summed E-state index contributed by atoms with van der Waals surface area (Å²) in [6, 6.07) is 8.08. The largest absolute Gasteiger partial charge is 0.467 e. The molecule has 3 fully saturated rings. The van der Waals surface area contributed by atoms with Crippen molar-refractivity contribution in [3.8, 4) is 0 Å². The number of nitrogens with zero attached hydrogens (tertiary/aromatic N) is 6. The Balaban J connectivity index is 1.60. The molecule has 3 aliphatic heterocycles. The molecule has 0 bridgehead atoms. The molecular weight excluding hydrogens is 492 g/mol. The third-order valence-corrected chi connectivity index (χ3v) is 6.35. The highest BCUT2D eigenvalue weighted by molar-refractivity contribution is 5.70. The minimum absolute atomic E-state index is 0.0768. The van der Waals surface area contributed by atoms with Gasteiger partial charge >= 0.3 is 5.97 Å². The first-order valence-corrected chi connectivity index (χ1v) is 11.7. The zero-order valence-corrected chi connectivity index (χ0v) is 20.2. The van der Waals surface area contributed by atoms with Crippen LogP contribution < -0.4 is 0 Å². The molecule has 0 saturated carbocycles. The fourth-order valence-corrected chi connectivity index (χ4v) is 4.57. The SMILES string of the molecule is CC[C@H]1OC(N=[N+]=[N-])C(O)[C@@H]1OC1OC2COC(c3ccccc3)O[C@H]2[C@H](OCC(=O)OC)C1N=[N+]=[N-]. The summed E-state index contributed by atoms with van der Waals surface area (Å²) in [6.45, 7) is 1.44. The van der Waals surface area contributed by atoms with Crippen molar-refractivity contribution in [3.05, 3.63) is 56.8 Å². The first-order chi connectivity index (χ1) is 18.0. The lowest BCUT2D eigenvalue weighted by molar-refractivity contribution is -0.353. The maximum Gasteiger partial charge on any atom is 0.331 e. The number of aliphatic hydroxyl groups excluding tert-OH is 1. The zero-order valence-electron chi connectivity index (χ0n) is 20.2. The number of ether oxygens (including phenoxy) is 7. The van der Waals surface area contributed by atoms with Crippen LogP contribution in [-0.2, 0) is 38.0 Å². The van der Waals surface area contributed by atoms with Crippen LogP contribution in [0.2, 0.25) is 0 Å². The minimum atomic E-state index is -1.30. The predicted octanol–water partition coefficient (Wildman–Crippen LogP) is 2.25. The number of carbonyl (C=O) groups is 1. The summed E-state index contributed by atoms with van der Waals surface area (Å²) < 4.78 is 40.4. The van der Waals surface area contributed by atoms with E-state index in [1.165, 1.54) is 7.11 Å². The minimum Gasteiger partial charge on any atom is -0.467 e. The first-order valence-electron chi connectivity index (χ1n) is 11.7. The molecule has 15 heteroatoms. The second kappa shape index (κ2) is 12.5. The smallest absolute Gasteiger partial charge is 0.331 e. The lowest BCUT2D eigenvalue weighted by Crippen LogP contribution is -2.63. The van der Waals surface area contributed by atoms with E-state index in [0.29, 0.717) is 6.42 Å². The maximum absolute atomic E-state index is 11.9. The topological polar surface area (TPSA) is 199 Å². The lowest BCUT2D eigenvalue weighted by atomic mass is 9.95. The van der Waals surface area contributed by atoms with E-state index in [-0.39, 0.29) is 6.61 Å². The summed E-state index contributed by atoms with van der Waals surface area (Å²) in [7, 11) is 1.22. The van der Waals surface area contributed by atoms with Crippen molar-refractivity contribution in [2.45, 2.75) is 74.8 Å². The molecule has 15 nitrogen and oxygen atoms in total. The van der Waals surface area contributed by atoms with Crippen LogP contribution in [0.5, 0.6) is 0 Å². The van der Waals surface area contributed by atoms with Gasteiger partial charge in [-0.2, -0.15) is 0 Å². The predicted molar refractivity (Wildman–Crippen MR) is 122 cm³/mol. The van der Waals surface area contributed by atoms with Gasteiger partial charge in [-0.25, -0.2) is 4.79 Å². The third-order valence-electron chi connectivity index (χ3n) is 6.35. The average Bonchev–Trinajstić information content (AvgIpc) is 3.22. The Kier molecular flexibility index (Phi) is 9.16. The number of carbonyl (C=O) groups excluding carboxylic acids is 1. The molecule has 3 aliphatic rings. The van der Waals surface area contributed by atoms with Crippen LogP contribution in [0.1, 0.15) is 25.2 Å². The molecule has 10 atom stereocenters. The van der Waals surface area contributed by atoms with Gasteiger partial charge in [-0.15, -0.1) is 0 Å². The van der Waals surface area contributed by atoms with E-state index >= 15 is 0 Å². The highest BCUT2D eigenvalue weighted by atomic mass is 16.8. The van der Waals surface area contributed by atoms with Gasteiger partial charge in [0, 0.05) is 15.4 Å². The van der Waals surface area contributed by atoms with E-state index in [4.69, 9.17) is 38.7 Å². The summed E-state index contributed by atoms with van der Waals surface area (Å²) >= 11 is 0. The highest BCUT2D eigenvalue weighted by Gasteiger charge is 2.53. The number of rotatable bonds is 9. The molecule has 200 valence electrons. The standard InChI is InChI=1S/C22H28N6O9/c1-3-12-17(16(30)20(34-12)26-28-24)36-22-15(25-27-23)19(32-10-14(29)31-2)18-13(35-22)9-33-21(37-18)11-7-5-4-6-8-11/h4-8,12-13,15-22,30H,3,9-10H2,1-2H3/t12-,13?,15?,16?,17-,18-,19-,20?,21?,22?/m1/s1. The Morgan fingerprint density at radius 1 is 1.14 bits per heavy atom. The van der Waals surface area contributed by atoms with Gasteiger partial charge in [0.2, 0.25) is 0 Å². The number of esters is 1. The van der Waals surface area contributed by atoms with E-state index in [1.54, 1.807) is 0 Å². The van der Waals surface area contributed by atoms with E-state index in [9.17, 15) is 15.4 Å². The summed E-state index contributed by atoms with van der Waals surface area (Å²) in [5.41, 5.74) is 18.9. The molecule has 1 N–H and O–H groups in total. The van der Waals surface area contributed by atoms with Crippen molar-refractivity contribution in [1.29, 1.82) is 0 Å². The Bertz CT molecular complexity index is 1020. The van der Waals surface area contributed by atoms with Crippen LogP contribution in [0.4, 0.5) is 0 Å². The number of methoxy groups -OCH3 is 1. The van der Waals surface area contributed by atoms with Gasteiger partial charge in [-0.05, 0) is 17.5 Å². The Labute approximate surface area is 211 Å². The third kappa shape index (κ3) is 5.96. The Hall–Kier alpha value is -2.97. The number of fused-ring (bicyclic) bond motifs is 1. The summed E-state index contributed by atoms with van der Waals surface area (Å²) in [5, 5.41) is 18.0. The molecule has 1 aromatic carbocycles. The molecule has 0 spiro atoms. The first kappa shape index (κ1) is 27.1. The van der Waals surface area contributed by atoms with Crippen LogP contribution in [0.25, 0.3) is 20.9 Å². The van der Waals surface area contributed by atoms with Crippen LogP contribution in [0.15, 0.2) is 40.6 Å². The summed E-state index contributed by atoms with van der Waals surface area (Å²) in [5.74, 6) is -0.644. The van der Waals surface area contributed by atoms with Crippen molar-refractivity contribution < 1.29 is 43.1 Å². The normalized spacial score (nSPS) is 37.1. The Morgan fingerprint density at radius 2 is 1.89 bits per heavy atom. The second-order valence-corrected chi connectivity index (χ2v) is 8.54. The molecule has 6 unspecified atom stereocenters. The van der Waals surface area contributed by atoms with Crippen molar-refractivity contribution >= 4 is 5.97 Å². The van der Waals surface area contributed by atoms with Crippen molar-refractivity contribution in [1.82, 2.24) is 0 Å². The van der Waals surface area contributed by atoms with Crippen LogP contribution in [-0.4, -0.2) is 86.6 Å². The molecule has 0 aromatic heterocycles. The molecule has 0 aliphatic carbocycles. The maximum atomic E-state index is 11.9. The van der Waals surface area contributed by atoms with Gasteiger partial charge in [-0.1, -0.05) is 47.5 Å². The summed E-state index contributed by atoms with van der Waals surface area (Å²) in [6.07, 6.45) is -8.15. The molecule has 0 radical (unpaired) electrons. The number of benzene rings is 1. The lowest BCUT2D eigenvalue weighted by Gasteiger charge is -2.48. The van der Waals surface area contributed by atoms with Gasteiger partial charge in [0.05, 0.1) is 19.8 Å². The van der Waals surface area contributed by atoms with E-state index in [1.807, 2.05) is 37.3 Å². The van der Waals surface area contributed by atoms with Gasteiger partial charge in [0.1, 0.15) is 43.2 Å². The quantitative estimate of drug-likeness (QED) is 0.219. The van der Waals surface area contributed by atoms with Gasteiger partial charge in [0.15, 0.2) is 18.8 Å². The van der Waals surface area contributed by atoms with Crippen LogP contribution in [0.3, 0.4) is 0 Å². The van der Waals surface area contributed by atoms with Crippen molar-refractivity contribution in [3.63, 3.8) is 0 Å². The second-order valence-electron chi connectivity index (χ2n) is 8.54. The number of aliphatic hydroxyl groups is 1. The molecule has 1 aromatic rings. The fourth-order valence-electron chi connectivity index (χ4n) is 4.57. The Morgan fingerprint density at radius 3 is 2.57 bits per heavy atom. The molecule has 3 saturated heterocycles. The highest BCUT2D eigenvalue weighted by Crippen LogP contribution is 2.38. The number of hydrogen-bond acceptors (Lipinski definition) is 11. The van der Waals surface area contributed by atoms with E-state index in [0.717, 1.165) is 5.56 Å². The van der Waals surface area contributed by atoms with Gasteiger partial charge < -0.3 is 38.3 Å². The van der Waals surface area contributed by atoms with Crippen LogP contribution in [0, 0.1) is 0 Å². The van der Waals surface area contributed by atoms with E-state index < -0.39 is 74.0 Å². The summed E-state index contributed by atoms with van der Waals surface area (Å²) in [4.78, 5) is 17.5. The fraction of sp³-hybridized carbons (Fsp3) is 0.682. The van der Waals surface area contributed by atoms with Crippen molar-refractivity contribution in [2.24, 2.45) is 10.2 Å². The molecule has 4 rings (SSSR count). The number of hydrogen-bond donors (Lipinski definition) is 1. The zero-order chi connectivity index (χ0) is 26.4. The van der Waals surface area contributed by atoms with Crippen LogP contribution >= 0.6 is 0 Å². The monoisotopic (exact) mass is 520 g/mol. The molecule has 37 heavy (non-hydrogen) atoms. The molecule has 3 heterocycles. The van der Waals surface area contributed by atoms with Crippen molar-refractivity contribution in [2.75, 3.05) is 20.3 Å². The van der Waals surface area contributed by atoms with Gasteiger partial charge in [-0.3, -0.25) is 0 Å². The average molecular weight is 520 g/mol. The molecular formula is C22H28N6O9. The number of azide groups is 2. The van der Waals surface area contributed by atoms with E-state index in [2.05, 4.69) is 20.1 Å².